The monoisotopic (exact) mass is 174 g/mol. The first-order valence-corrected chi connectivity index (χ1v) is 4.99. The van der Waals surface area contributed by atoms with Crippen molar-refractivity contribution in [1.82, 2.24) is 0 Å². The molecule has 2 nitrogen and oxygen atoms in total. The molecule has 1 atom stereocenters. The van der Waals surface area contributed by atoms with E-state index >= 15 is 0 Å². The maximum absolute atomic E-state index is 9.60. The average Bonchev–Trinajstić information content (AvgIpc) is 2.01. The summed E-state index contributed by atoms with van der Waals surface area (Å²) >= 11 is 0. The summed E-state index contributed by atoms with van der Waals surface area (Å²) in [5.41, 5.74) is 0. The van der Waals surface area contributed by atoms with Gasteiger partial charge in [0, 0.05) is 12.3 Å². The van der Waals surface area contributed by atoms with Crippen LogP contribution >= 0.6 is 0 Å². The van der Waals surface area contributed by atoms with Gasteiger partial charge in [-0.1, -0.05) is 33.6 Å². The lowest BCUT2D eigenvalue weighted by molar-refractivity contribution is -0.202. The SMILES string of the molecule is CCCCC(O)(O)C(C)CCC. The lowest BCUT2D eigenvalue weighted by Gasteiger charge is -2.28. The fourth-order valence-corrected chi connectivity index (χ4v) is 1.35. The summed E-state index contributed by atoms with van der Waals surface area (Å²) in [7, 11) is 0. The van der Waals surface area contributed by atoms with Crippen molar-refractivity contribution in [2.75, 3.05) is 0 Å². The van der Waals surface area contributed by atoms with Crippen LogP contribution in [0.5, 0.6) is 0 Å². The highest BCUT2D eigenvalue weighted by molar-refractivity contribution is 4.71. The zero-order chi connectivity index (χ0) is 9.61. The van der Waals surface area contributed by atoms with Crippen LogP contribution < -0.4 is 0 Å². The van der Waals surface area contributed by atoms with Crippen molar-refractivity contribution in [3.63, 3.8) is 0 Å². The van der Waals surface area contributed by atoms with Crippen molar-refractivity contribution < 1.29 is 10.2 Å². The third-order valence-corrected chi connectivity index (χ3v) is 2.41. The molecule has 0 fully saturated rings. The van der Waals surface area contributed by atoms with E-state index in [9.17, 15) is 10.2 Å². The fourth-order valence-electron chi connectivity index (χ4n) is 1.35. The van der Waals surface area contributed by atoms with E-state index in [-0.39, 0.29) is 5.92 Å². The molecule has 0 aliphatic rings. The van der Waals surface area contributed by atoms with E-state index in [1.165, 1.54) is 0 Å². The molecule has 0 rings (SSSR count). The minimum absolute atomic E-state index is 0.00551. The fraction of sp³-hybridized carbons (Fsp3) is 1.00. The molecule has 74 valence electrons. The van der Waals surface area contributed by atoms with Gasteiger partial charge in [-0.3, -0.25) is 0 Å². The highest BCUT2D eigenvalue weighted by atomic mass is 16.5. The van der Waals surface area contributed by atoms with Crippen LogP contribution in [0.1, 0.15) is 52.9 Å². The lowest BCUT2D eigenvalue weighted by atomic mass is 9.92. The van der Waals surface area contributed by atoms with Gasteiger partial charge in [0.2, 0.25) is 0 Å². The lowest BCUT2D eigenvalue weighted by Crippen LogP contribution is -2.35. The second-order valence-electron chi connectivity index (χ2n) is 3.67. The van der Waals surface area contributed by atoms with Crippen LogP contribution in [0.3, 0.4) is 0 Å². The molecule has 0 saturated carbocycles. The third-order valence-electron chi connectivity index (χ3n) is 2.41. The van der Waals surface area contributed by atoms with E-state index in [1.807, 2.05) is 6.92 Å². The van der Waals surface area contributed by atoms with E-state index < -0.39 is 5.79 Å². The van der Waals surface area contributed by atoms with Crippen LogP contribution in [0, 0.1) is 5.92 Å². The van der Waals surface area contributed by atoms with Crippen LogP contribution in [-0.4, -0.2) is 16.0 Å². The molecule has 12 heavy (non-hydrogen) atoms. The molecule has 0 aromatic carbocycles. The molecule has 0 aliphatic heterocycles. The molecule has 0 radical (unpaired) electrons. The topological polar surface area (TPSA) is 40.5 Å². The summed E-state index contributed by atoms with van der Waals surface area (Å²) in [5, 5.41) is 19.2. The Bertz CT molecular complexity index is 110. The molecule has 0 heterocycles. The van der Waals surface area contributed by atoms with Gasteiger partial charge in [-0.05, 0) is 12.8 Å². The van der Waals surface area contributed by atoms with Crippen LogP contribution in [-0.2, 0) is 0 Å². The molecule has 2 heteroatoms. The van der Waals surface area contributed by atoms with Crippen LogP contribution in [0.4, 0.5) is 0 Å². The second kappa shape index (κ2) is 5.55. The Morgan fingerprint density at radius 3 is 2.17 bits per heavy atom. The summed E-state index contributed by atoms with van der Waals surface area (Å²) in [6.07, 6.45) is 4.31. The van der Waals surface area contributed by atoms with Gasteiger partial charge in [-0.25, -0.2) is 0 Å². The Kier molecular flexibility index (Phi) is 5.51. The third kappa shape index (κ3) is 4.07. The van der Waals surface area contributed by atoms with Gasteiger partial charge >= 0.3 is 0 Å². The van der Waals surface area contributed by atoms with Crippen molar-refractivity contribution in [2.45, 2.75) is 58.7 Å². The molecule has 0 aromatic rings. The molecule has 0 aliphatic carbocycles. The Morgan fingerprint density at radius 2 is 1.75 bits per heavy atom. The summed E-state index contributed by atoms with van der Waals surface area (Å²) < 4.78 is 0. The van der Waals surface area contributed by atoms with E-state index in [0.29, 0.717) is 6.42 Å². The van der Waals surface area contributed by atoms with E-state index in [1.54, 1.807) is 0 Å². The quantitative estimate of drug-likeness (QED) is 0.606. The second-order valence-corrected chi connectivity index (χ2v) is 3.67. The molecule has 2 N–H and O–H groups in total. The Balaban J connectivity index is 3.81. The largest absolute Gasteiger partial charge is 0.365 e. The predicted molar refractivity (Wildman–Crippen MR) is 50.8 cm³/mol. The first kappa shape index (κ1) is 11.9. The number of aliphatic hydroxyl groups is 2. The molecule has 0 spiro atoms. The van der Waals surface area contributed by atoms with Gasteiger partial charge in [-0.15, -0.1) is 0 Å². The minimum atomic E-state index is -1.44. The van der Waals surface area contributed by atoms with Gasteiger partial charge in [0.25, 0.3) is 0 Å². The van der Waals surface area contributed by atoms with Gasteiger partial charge in [-0.2, -0.15) is 0 Å². The standard InChI is InChI=1S/C10H22O2/c1-4-6-8-10(11,12)9(3)7-5-2/h9,11-12H,4-8H2,1-3H3. The Hall–Kier alpha value is -0.0800. The van der Waals surface area contributed by atoms with Crippen molar-refractivity contribution in [1.29, 1.82) is 0 Å². The molecular weight excluding hydrogens is 152 g/mol. The Morgan fingerprint density at radius 1 is 1.17 bits per heavy atom. The van der Waals surface area contributed by atoms with Crippen molar-refractivity contribution in [2.24, 2.45) is 5.92 Å². The van der Waals surface area contributed by atoms with Crippen LogP contribution in [0.15, 0.2) is 0 Å². The van der Waals surface area contributed by atoms with Gasteiger partial charge in [0.05, 0.1) is 0 Å². The summed E-state index contributed by atoms with van der Waals surface area (Å²) in [6, 6.07) is 0. The normalized spacial score (nSPS) is 14.8. The highest BCUT2D eigenvalue weighted by Crippen LogP contribution is 2.24. The van der Waals surface area contributed by atoms with Crippen LogP contribution in [0.25, 0.3) is 0 Å². The molecule has 0 bridgehead atoms. The molecular formula is C10H22O2. The van der Waals surface area contributed by atoms with Crippen molar-refractivity contribution >= 4 is 0 Å². The van der Waals surface area contributed by atoms with Gasteiger partial charge in [0.1, 0.15) is 0 Å². The maximum Gasteiger partial charge on any atom is 0.165 e. The predicted octanol–water partition coefficient (Wildman–Crippen LogP) is 2.29. The zero-order valence-electron chi connectivity index (χ0n) is 8.51. The molecule has 1 unspecified atom stereocenters. The summed E-state index contributed by atoms with van der Waals surface area (Å²) in [4.78, 5) is 0. The molecule has 0 aromatic heterocycles. The Labute approximate surface area is 75.6 Å². The van der Waals surface area contributed by atoms with E-state index in [0.717, 1.165) is 25.7 Å². The van der Waals surface area contributed by atoms with Crippen molar-refractivity contribution in [3.8, 4) is 0 Å². The van der Waals surface area contributed by atoms with Gasteiger partial charge in [0.15, 0.2) is 5.79 Å². The average molecular weight is 174 g/mol. The minimum Gasteiger partial charge on any atom is -0.365 e. The zero-order valence-corrected chi connectivity index (χ0v) is 8.51. The number of hydrogen-bond donors (Lipinski definition) is 2. The molecule has 0 amide bonds. The van der Waals surface area contributed by atoms with E-state index in [2.05, 4.69) is 13.8 Å². The first-order valence-electron chi connectivity index (χ1n) is 4.99. The smallest absolute Gasteiger partial charge is 0.165 e. The number of unbranched alkanes of at least 4 members (excludes halogenated alkanes) is 1. The maximum atomic E-state index is 9.60. The number of rotatable bonds is 6. The molecule has 0 saturated heterocycles. The summed E-state index contributed by atoms with van der Waals surface area (Å²) in [5.74, 6) is -1.44. The first-order chi connectivity index (χ1) is 5.54. The highest BCUT2D eigenvalue weighted by Gasteiger charge is 2.28. The van der Waals surface area contributed by atoms with Gasteiger partial charge < -0.3 is 10.2 Å². The summed E-state index contributed by atoms with van der Waals surface area (Å²) in [6.45, 7) is 6.02. The van der Waals surface area contributed by atoms with Crippen LogP contribution in [0.2, 0.25) is 0 Å². The van der Waals surface area contributed by atoms with Crippen molar-refractivity contribution in [3.05, 3.63) is 0 Å². The van der Waals surface area contributed by atoms with E-state index in [4.69, 9.17) is 0 Å². The number of hydrogen-bond acceptors (Lipinski definition) is 2.